The summed E-state index contributed by atoms with van der Waals surface area (Å²) < 4.78 is 0. The van der Waals surface area contributed by atoms with Crippen molar-refractivity contribution in [3.05, 3.63) is 78.0 Å². The zero-order chi connectivity index (χ0) is 19.6. The zero-order valence-electron chi connectivity index (χ0n) is 15.8. The smallest absolute Gasteiger partial charge is 0.278 e. The summed E-state index contributed by atoms with van der Waals surface area (Å²) in [7, 11) is 3.93. The molecular weight excluding hydrogens is 338 g/mol. The van der Waals surface area contributed by atoms with Crippen molar-refractivity contribution in [3.8, 4) is 0 Å². The molecule has 0 bridgehead atoms. The molecule has 0 spiro atoms. The zero-order valence-corrected chi connectivity index (χ0v) is 15.8. The van der Waals surface area contributed by atoms with Crippen molar-refractivity contribution < 1.29 is 9.59 Å². The molecule has 2 amide bonds. The van der Waals surface area contributed by atoms with E-state index in [0.29, 0.717) is 11.3 Å². The lowest BCUT2D eigenvalue weighted by atomic mass is 10.0. The van der Waals surface area contributed by atoms with E-state index < -0.39 is 0 Å². The average molecular weight is 361 g/mol. The first-order valence-electron chi connectivity index (χ1n) is 8.75. The molecule has 5 heteroatoms. The SMILES string of the molecule is C=CCN1C(=O)C(Nc2ccc(N(C)C)cc2)=C(c2ccc(C)cc2)C1=O. The second-order valence-corrected chi connectivity index (χ2v) is 6.69. The van der Waals surface area contributed by atoms with Gasteiger partial charge in [0.05, 0.1) is 5.57 Å². The van der Waals surface area contributed by atoms with E-state index in [2.05, 4.69) is 11.9 Å². The molecule has 2 aromatic carbocycles. The third-order valence-corrected chi connectivity index (χ3v) is 4.47. The number of rotatable bonds is 6. The number of anilines is 2. The van der Waals surface area contributed by atoms with Crippen LogP contribution in [0.15, 0.2) is 66.9 Å². The molecule has 0 unspecified atom stereocenters. The van der Waals surface area contributed by atoms with Gasteiger partial charge in [-0.05, 0) is 36.8 Å². The summed E-state index contributed by atoms with van der Waals surface area (Å²) >= 11 is 0. The first-order chi connectivity index (χ1) is 12.9. The van der Waals surface area contributed by atoms with Gasteiger partial charge in [-0.2, -0.15) is 0 Å². The standard InChI is InChI=1S/C22H23N3O2/c1-5-14-25-21(26)19(16-8-6-15(2)7-9-16)20(22(25)27)23-17-10-12-18(13-11-17)24(3)4/h5-13,23H,1,14H2,2-4H3. The van der Waals surface area contributed by atoms with E-state index in [4.69, 9.17) is 0 Å². The van der Waals surface area contributed by atoms with E-state index in [1.54, 1.807) is 6.08 Å². The van der Waals surface area contributed by atoms with E-state index in [0.717, 1.165) is 22.5 Å². The molecule has 1 N–H and O–H groups in total. The van der Waals surface area contributed by atoms with Crippen molar-refractivity contribution in [2.24, 2.45) is 0 Å². The molecule has 0 saturated heterocycles. The van der Waals surface area contributed by atoms with Gasteiger partial charge in [-0.25, -0.2) is 0 Å². The maximum absolute atomic E-state index is 12.9. The van der Waals surface area contributed by atoms with Crippen LogP contribution in [0.4, 0.5) is 11.4 Å². The maximum atomic E-state index is 12.9. The predicted octanol–water partition coefficient (Wildman–Crippen LogP) is 3.44. The van der Waals surface area contributed by atoms with E-state index in [1.165, 1.54) is 4.90 Å². The molecule has 3 rings (SSSR count). The lowest BCUT2D eigenvalue weighted by Crippen LogP contribution is -2.32. The highest BCUT2D eigenvalue weighted by atomic mass is 16.2. The van der Waals surface area contributed by atoms with E-state index in [-0.39, 0.29) is 18.4 Å². The number of hydrogen-bond acceptors (Lipinski definition) is 4. The predicted molar refractivity (Wildman–Crippen MR) is 109 cm³/mol. The molecule has 1 aliphatic heterocycles. The van der Waals surface area contributed by atoms with E-state index in [1.807, 2.05) is 74.4 Å². The second kappa shape index (κ2) is 7.50. The first kappa shape index (κ1) is 18.5. The number of carbonyl (C=O) groups excluding carboxylic acids is 2. The topological polar surface area (TPSA) is 52.7 Å². The van der Waals surface area contributed by atoms with Gasteiger partial charge in [0, 0.05) is 32.0 Å². The van der Waals surface area contributed by atoms with Crippen LogP contribution in [0, 0.1) is 6.92 Å². The Morgan fingerprint density at radius 1 is 1.00 bits per heavy atom. The molecule has 138 valence electrons. The summed E-state index contributed by atoms with van der Waals surface area (Å²) in [6, 6.07) is 15.3. The Kier molecular flexibility index (Phi) is 5.12. The minimum absolute atomic E-state index is 0.178. The average Bonchev–Trinajstić information content (AvgIpc) is 2.88. The highest BCUT2D eigenvalue weighted by Crippen LogP contribution is 2.31. The molecule has 0 saturated carbocycles. The Bertz CT molecular complexity index is 910. The van der Waals surface area contributed by atoms with Gasteiger partial charge >= 0.3 is 0 Å². The highest BCUT2D eigenvalue weighted by molar-refractivity contribution is 6.36. The van der Waals surface area contributed by atoms with Crippen LogP contribution in [0.2, 0.25) is 0 Å². The van der Waals surface area contributed by atoms with Crippen molar-refractivity contribution in [2.75, 3.05) is 30.9 Å². The Morgan fingerprint density at radius 3 is 2.19 bits per heavy atom. The minimum Gasteiger partial charge on any atom is -0.378 e. The fourth-order valence-corrected chi connectivity index (χ4v) is 2.96. The summed E-state index contributed by atoms with van der Waals surface area (Å²) in [6.45, 7) is 5.81. The van der Waals surface area contributed by atoms with Gasteiger partial charge in [-0.1, -0.05) is 35.9 Å². The van der Waals surface area contributed by atoms with Crippen LogP contribution in [0.5, 0.6) is 0 Å². The highest BCUT2D eigenvalue weighted by Gasteiger charge is 2.38. The van der Waals surface area contributed by atoms with Crippen molar-refractivity contribution in [1.82, 2.24) is 4.90 Å². The summed E-state index contributed by atoms with van der Waals surface area (Å²) in [5.74, 6) is -0.650. The van der Waals surface area contributed by atoms with Crippen LogP contribution in [0.25, 0.3) is 5.57 Å². The lowest BCUT2D eigenvalue weighted by molar-refractivity contribution is -0.136. The monoisotopic (exact) mass is 361 g/mol. The molecule has 0 atom stereocenters. The Morgan fingerprint density at radius 2 is 1.63 bits per heavy atom. The third-order valence-electron chi connectivity index (χ3n) is 4.47. The Balaban J connectivity index is 2.02. The Hall–Kier alpha value is -3.34. The van der Waals surface area contributed by atoms with E-state index in [9.17, 15) is 9.59 Å². The number of benzene rings is 2. The molecule has 1 heterocycles. The van der Waals surface area contributed by atoms with Crippen LogP contribution in [-0.4, -0.2) is 37.4 Å². The number of nitrogens with zero attached hydrogens (tertiary/aromatic N) is 2. The summed E-state index contributed by atoms with van der Waals surface area (Å²) in [5, 5.41) is 3.15. The number of hydrogen-bond donors (Lipinski definition) is 1. The van der Waals surface area contributed by atoms with Crippen LogP contribution < -0.4 is 10.2 Å². The number of carbonyl (C=O) groups is 2. The molecule has 0 aromatic heterocycles. The van der Waals surface area contributed by atoms with E-state index >= 15 is 0 Å². The summed E-state index contributed by atoms with van der Waals surface area (Å²) in [6.07, 6.45) is 1.55. The Labute approximate surface area is 159 Å². The van der Waals surface area contributed by atoms with Crippen molar-refractivity contribution in [1.29, 1.82) is 0 Å². The van der Waals surface area contributed by atoms with Gasteiger partial charge in [0.25, 0.3) is 11.8 Å². The third kappa shape index (κ3) is 3.62. The van der Waals surface area contributed by atoms with Crippen molar-refractivity contribution in [2.45, 2.75) is 6.92 Å². The molecule has 2 aromatic rings. The minimum atomic E-state index is -0.341. The number of aryl methyl sites for hydroxylation is 1. The molecule has 1 aliphatic rings. The quantitative estimate of drug-likeness (QED) is 0.633. The van der Waals surface area contributed by atoms with Gasteiger partial charge in [-0.15, -0.1) is 6.58 Å². The van der Waals surface area contributed by atoms with Crippen LogP contribution in [0.3, 0.4) is 0 Å². The molecule has 5 nitrogen and oxygen atoms in total. The van der Waals surface area contributed by atoms with Crippen molar-refractivity contribution in [3.63, 3.8) is 0 Å². The fourth-order valence-electron chi connectivity index (χ4n) is 2.96. The molecule has 27 heavy (non-hydrogen) atoms. The second-order valence-electron chi connectivity index (χ2n) is 6.69. The molecule has 0 radical (unpaired) electrons. The number of nitrogens with one attached hydrogen (secondary N) is 1. The molecular formula is C22H23N3O2. The van der Waals surface area contributed by atoms with Crippen LogP contribution >= 0.6 is 0 Å². The van der Waals surface area contributed by atoms with Crippen LogP contribution in [-0.2, 0) is 9.59 Å². The van der Waals surface area contributed by atoms with Gasteiger partial charge < -0.3 is 10.2 Å². The largest absolute Gasteiger partial charge is 0.378 e. The van der Waals surface area contributed by atoms with Gasteiger partial charge in [-0.3, -0.25) is 14.5 Å². The van der Waals surface area contributed by atoms with Crippen molar-refractivity contribution >= 4 is 28.8 Å². The lowest BCUT2D eigenvalue weighted by Gasteiger charge is -2.14. The number of imide groups is 1. The first-order valence-corrected chi connectivity index (χ1v) is 8.75. The number of amides is 2. The summed E-state index contributed by atoms with van der Waals surface area (Å²) in [4.78, 5) is 29.0. The fraction of sp³-hybridized carbons (Fsp3) is 0.182. The van der Waals surface area contributed by atoms with Gasteiger partial charge in [0.15, 0.2) is 0 Å². The van der Waals surface area contributed by atoms with Gasteiger partial charge in [0.2, 0.25) is 0 Å². The molecule has 0 fully saturated rings. The summed E-state index contributed by atoms with van der Waals surface area (Å²) in [5.41, 5.74) is 4.30. The maximum Gasteiger partial charge on any atom is 0.278 e. The van der Waals surface area contributed by atoms with Crippen LogP contribution in [0.1, 0.15) is 11.1 Å². The molecule has 0 aliphatic carbocycles. The normalized spacial score (nSPS) is 14.0. The van der Waals surface area contributed by atoms with Gasteiger partial charge in [0.1, 0.15) is 5.70 Å².